The van der Waals surface area contributed by atoms with Crippen molar-refractivity contribution < 1.29 is 23.0 Å². The number of rotatable bonds is 5. The van der Waals surface area contributed by atoms with Gasteiger partial charge in [0, 0.05) is 0 Å². The Hall–Kier alpha value is -2.70. The molecule has 0 spiro atoms. The number of hydrogen-bond donors (Lipinski definition) is 2. The number of anilines is 1. The van der Waals surface area contributed by atoms with Crippen LogP contribution in [0.3, 0.4) is 0 Å². The molecule has 0 amide bonds. The number of nitrogens with one attached hydrogen (secondary N) is 1. The maximum atomic E-state index is 12.4. The summed E-state index contributed by atoms with van der Waals surface area (Å²) in [4.78, 5) is 0. The molecule has 0 aliphatic carbocycles. The molecule has 0 atom stereocenters. The molecule has 0 bridgehead atoms. The highest BCUT2D eigenvalue weighted by atomic mass is 19.4. The summed E-state index contributed by atoms with van der Waals surface area (Å²) in [5.41, 5.74) is 3.02. The molecule has 0 aliphatic rings. The van der Waals surface area contributed by atoms with E-state index in [1.165, 1.54) is 24.4 Å². The lowest BCUT2D eigenvalue weighted by Gasteiger charge is -2.07. The van der Waals surface area contributed by atoms with Crippen LogP contribution in [0.4, 0.5) is 18.9 Å². The predicted molar refractivity (Wildman–Crippen MR) is 81.9 cm³/mol. The van der Waals surface area contributed by atoms with Crippen LogP contribution in [0.25, 0.3) is 0 Å². The first-order valence-corrected chi connectivity index (χ1v) is 6.82. The third kappa shape index (κ3) is 4.64. The molecule has 2 rings (SSSR count). The Morgan fingerprint density at radius 3 is 2.48 bits per heavy atom. The maximum absolute atomic E-state index is 12.4. The van der Waals surface area contributed by atoms with Gasteiger partial charge in [-0.1, -0.05) is 0 Å². The van der Waals surface area contributed by atoms with Gasteiger partial charge in [-0.25, -0.2) is 0 Å². The number of phenols is 1. The van der Waals surface area contributed by atoms with Crippen LogP contribution in [0, 0.1) is 0 Å². The van der Waals surface area contributed by atoms with E-state index in [9.17, 15) is 18.3 Å². The maximum Gasteiger partial charge on any atom is 0.416 e. The van der Waals surface area contributed by atoms with Gasteiger partial charge < -0.3 is 9.84 Å². The van der Waals surface area contributed by atoms with Crippen molar-refractivity contribution in [3.63, 3.8) is 0 Å². The Morgan fingerprint density at radius 1 is 1.17 bits per heavy atom. The lowest BCUT2D eigenvalue weighted by Crippen LogP contribution is -2.04. The third-order valence-electron chi connectivity index (χ3n) is 2.90. The molecule has 0 aliphatic heterocycles. The SMILES string of the molecule is CCOc1cc(/C=N/Nc2ccc(C(F)(F)F)cc2)ccc1O. The first-order chi connectivity index (χ1) is 10.9. The van der Waals surface area contributed by atoms with Crippen molar-refractivity contribution in [3.8, 4) is 11.5 Å². The second kappa shape index (κ2) is 7.04. The van der Waals surface area contributed by atoms with E-state index >= 15 is 0 Å². The molecule has 2 aromatic carbocycles. The van der Waals surface area contributed by atoms with Gasteiger partial charge in [0.15, 0.2) is 11.5 Å². The van der Waals surface area contributed by atoms with E-state index in [4.69, 9.17) is 4.74 Å². The number of nitrogens with zero attached hydrogens (tertiary/aromatic N) is 1. The fraction of sp³-hybridized carbons (Fsp3) is 0.188. The number of hydrazone groups is 1. The summed E-state index contributed by atoms with van der Waals surface area (Å²) >= 11 is 0. The lowest BCUT2D eigenvalue weighted by molar-refractivity contribution is -0.137. The van der Waals surface area contributed by atoms with E-state index < -0.39 is 11.7 Å². The van der Waals surface area contributed by atoms with Crippen LogP contribution >= 0.6 is 0 Å². The van der Waals surface area contributed by atoms with Gasteiger partial charge in [-0.2, -0.15) is 18.3 Å². The summed E-state index contributed by atoms with van der Waals surface area (Å²) in [5, 5.41) is 13.5. The minimum Gasteiger partial charge on any atom is -0.504 e. The predicted octanol–water partition coefficient (Wildman–Crippen LogP) is 4.26. The van der Waals surface area contributed by atoms with Gasteiger partial charge in [-0.3, -0.25) is 5.43 Å². The van der Waals surface area contributed by atoms with Crippen molar-refractivity contribution in [1.82, 2.24) is 0 Å². The van der Waals surface area contributed by atoms with Gasteiger partial charge in [-0.15, -0.1) is 0 Å². The lowest BCUT2D eigenvalue weighted by atomic mass is 10.2. The number of phenolic OH excluding ortho intramolecular Hbond substituents is 1. The fourth-order valence-electron chi connectivity index (χ4n) is 1.80. The Kier molecular flexibility index (Phi) is 5.10. The zero-order valence-corrected chi connectivity index (χ0v) is 12.3. The van der Waals surface area contributed by atoms with Crippen molar-refractivity contribution >= 4 is 11.9 Å². The van der Waals surface area contributed by atoms with Gasteiger partial charge in [0.25, 0.3) is 0 Å². The number of halogens is 3. The summed E-state index contributed by atoms with van der Waals surface area (Å²) in [6, 6.07) is 9.26. The van der Waals surface area contributed by atoms with Gasteiger partial charge in [-0.05, 0) is 55.0 Å². The molecule has 0 radical (unpaired) electrons. The average Bonchev–Trinajstić information content (AvgIpc) is 2.50. The molecule has 0 heterocycles. The Labute approximate surface area is 131 Å². The van der Waals surface area contributed by atoms with E-state index in [-0.39, 0.29) is 5.75 Å². The molecule has 4 nitrogen and oxygen atoms in total. The topological polar surface area (TPSA) is 53.8 Å². The fourth-order valence-corrected chi connectivity index (χ4v) is 1.80. The molecular formula is C16H15F3N2O2. The smallest absolute Gasteiger partial charge is 0.416 e. The molecule has 2 aromatic rings. The van der Waals surface area contributed by atoms with Gasteiger partial charge in [0.05, 0.1) is 24.1 Å². The Morgan fingerprint density at radius 2 is 1.87 bits per heavy atom. The van der Waals surface area contributed by atoms with Gasteiger partial charge in [0.2, 0.25) is 0 Å². The number of benzene rings is 2. The van der Waals surface area contributed by atoms with Crippen molar-refractivity contribution in [2.24, 2.45) is 5.10 Å². The molecule has 0 unspecified atom stereocenters. The molecule has 0 fully saturated rings. The summed E-state index contributed by atoms with van der Waals surface area (Å²) in [6.07, 6.45) is -2.89. The van der Waals surface area contributed by atoms with Crippen LogP contribution in [0.5, 0.6) is 11.5 Å². The van der Waals surface area contributed by atoms with Gasteiger partial charge in [0.1, 0.15) is 0 Å². The number of alkyl halides is 3. The molecule has 2 N–H and O–H groups in total. The van der Waals surface area contributed by atoms with E-state index in [1.807, 2.05) is 0 Å². The first-order valence-electron chi connectivity index (χ1n) is 6.82. The highest BCUT2D eigenvalue weighted by Gasteiger charge is 2.29. The van der Waals surface area contributed by atoms with Crippen LogP contribution in [0.2, 0.25) is 0 Å². The van der Waals surface area contributed by atoms with E-state index in [2.05, 4.69) is 10.5 Å². The Bertz CT molecular complexity index is 683. The van der Waals surface area contributed by atoms with Crippen molar-refractivity contribution in [2.75, 3.05) is 12.0 Å². The van der Waals surface area contributed by atoms with Crippen molar-refractivity contribution in [1.29, 1.82) is 0 Å². The molecule has 0 aromatic heterocycles. The largest absolute Gasteiger partial charge is 0.504 e. The summed E-state index contributed by atoms with van der Waals surface area (Å²) in [7, 11) is 0. The standard InChI is InChI=1S/C16H15F3N2O2/c1-2-23-15-9-11(3-8-14(15)22)10-20-21-13-6-4-12(5-7-13)16(17,18)19/h3-10,21-22H,2H2,1H3/b20-10+. The van der Waals surface area contributed by atoms with Crippen molar-refractivity contribution in [2.45, 2.75) is 13.1 Å². The second-order valence-corrected chi connectivity index (χ2v) is 4.61. The van der Waals surface area contributed by atoms with Crippen molar-refractivity contribution in [3.05, 3.63) is 53.6 Å². The van der Waals surface area contributed by atoms with Crippen LogP contribution < -0.4 is 10.2 Å². The Balaban J connectivity index is 2.03. The molecule has 7 heteroatoms. The molecule has 122 valence electrons. The minimum atomic E-state index is -4.36. The summed E-state index contributed by atoms with van der Waals surface area (Å²) in [6.45, 7) is 2.21. The van der Waals surface area contributed by atoms with Crippen LogP contribution in [-0.4, -0.2) is 17.9 Å². The molecular weight excluding hydrogens is 309 g/mol. The number of hydrogen-bond acceptors (Lipinski definition) is 4. The molecule has 0 saturated heterocycles. The monoisotopic (exact) mass is 324 g/mol. The quantitative estimate of drug-likeness (QED) is 0.638. The summed E-state index contributed by atoms with van der Waals surface area (Å²) in [5.74, 6) is 0.366. The average molecular weight is 324 g/mol. The summed E-state index contributed by atoms with van der Waals surface area (Å²) < 4.78 is 42.6. The normalized spacial score (nSPS) is 11.7. The zero-order valence-electron chi connectivity index (χ0n) is 12.3. The van der Waals surface area contributed by atoms with E-state index in [0.717, 1.165) is 12.1 Å². The highest BCUT2D eigenvalue weighted by Crippen LogP contribution is 2.30. The zero-order chi connectivity index (χ0) is 16.9. The van der Waals surface area contributed by atoms with E-state index in [1.54, 1.807) is 19.1 Å². The van der Waals surface area contributed by atoms with Crippen LogP contribution in [0.1, 0.15) is 18.1 Å². The third-order valence-corrected chi connectivity index (χ3v) is 2.90. The minimum absolute atomic E-state index is 0.0275. The van der Waals surface area contributed by atoms with Crippen LogP contribution in [0.15, 0.2) is 47.6 Å². The van der Waals surface area contributed by atoms with E-state index in [0.29, 0.717) is 23.6 Å². The number of aromatic hydroxyl groups is 1. The van der Waals surface area contributed by atoms with Crippen LogP contribution in [-0.2, 0) is 6.18 Å². The molecule has 0 saturated carbocycles. The molecule has 23 heavy (non-hydrogen) atoms. The second-order valence-electron chi connectivity index (χ2n) is 4.61. The number of ether oxygens (including phenoxy) is 1. The highest BCUT2D eigenvalue weighted by molar-refractivity contribution is 5.81. The van der Waals surface area contributed by atoms with Gasteiger partial charge >= 0.3 is 6.18 Å². The first kappa shape index (κ1) is 16.7.